The number of nitrogens with one attached hydrogen (secondary N) is 1. The van der Waals surface area contributed by atoms with E-state index in [2.05, 4.69) is 5.32 Å². The number of amides is 2. The Bertz CT molecular complexity index is 597. The first-order chi connectivity index (χ1) is 11.4. The van der Waals surface area contributed by atoms with Crippen LogP contribution in [0, 0.1) is 0 Å². The Morgan fingerprint density at radius 2 is 2.00 bits per heavy atom. The Kier molecular flexibility index (Phi) is 8.63. The van der Waals surface area contributed by atoms with Crippen LogP contribution in [0.4, 0.5) is 0 Å². The van der Waals surface area contributed by atoms with Crippen molar-refractivity contribution in [2.75, 3.05) is 25.1 Å². The molecule has 132 valence electrons. The number of nitrogens with zero attached hydrogens (tertiary/aromatic N) is 1. The third kappa shape index (κ3) is 6.05. The zero-order chi connectivity index (χ0) is 18.1. The van der Waals surface area contributed by atoms with Gasteiger partial charge in [-0.2, -0.15) is 11.8 Å². The van der Waals surface area contributed by atoms with E-state index in [1.807, 2.05) is 6.26 Å². The number of thioether (sulfide) groups is 1. The molecule has 0 heterocycles. The number of likely N-dealkylation sites (N-methyl/N-ethyl adjacent to an activating group) is 1. The van der Waals surface area contributed by atoms with Gasteiger partial charge in [0.05, 0.1) is 10.6 Å². The SMILES string of the molecule is CCN(CC(=O)O)C(=O)C(CCSC)NC(=O)c1ccccc1Cl. The maximum Gasteiger partial charge on any atom is 0.323 e. The molecule has 0 aliphatic rings. The maximum atomic E-state index is 12.6. The summed E-state index contributed by atoms with van der Waals surface area (Å²) in [6.45, 7) is 1.55. The average Bonchev–Trinajstić information content (AvgIpc) is 2.55. The van der Waals surface area contributed by atoms with Crippen molar-refractivity contribution in [3.8, 4) is 0 Å². The molecule has 8 heteroatoms. The number of hydrogen-bond donors (Lipinski definition) is 2. The van der Waals surface area contributed by atoms with Crippen molar-refractivity contribution in [2.45, 2.75) is 19.4 Å². The van der Waals surface area contributed by atoms with Gasteiger partial charge in [0, 0.05) is 6.54 Å². The lowest BCUT2D eigenvalue weighted by molar-refractivity contribution is -0.145. The molecular weight excluding hydrogens is 352 g/mol. The van der Waals surface area contributed by atoms with Crippen molar-refractivity contribution >= 4 is 41.1 Å². The molecule has 1 atom stereocenters. The lowest BCUT2D eigenvalue weighted by Crippen LogP contribution is -2.50. The summed E-state index contributed by atoms with van der Waals surface area (Å²) >= 11 is 7.55. The lowest BCUT2D eigenvalue weighted by atomic mass is 10.1. The molecule has 24 heavy (non-hydrogen) atoms. The van der Waals surface area contributed by atoms with Crippen LogP contribution < -0.4 is 5.32 Å². The van der Waals surface area contributed by atoms with Gasteiger partial charge in [0.1, 0.15) is 12.6 Å². The second-order valence-corrected chi connectivity index (χ2v) is 6.43. The van der Waals surface area contributed by atoms with Gasteiger partial charge in [-0.3, -0.25) is 14.4 Å². The fourth-order valence-corrected chi connectivity index (χ4v) is 2.80. The van der Waals surface area contributed by atoms with Crippen molar-refractivity contribution in [3.05, 3.63) is 34.9 Å². The van der Waals surface area contributed by atoms with E-state index in [1.165, 1.54) is 4.90 Å². The van der Waals surface area contributed by atoms with Crippen molar-refractivity contribution in [2.24, 2.45) is 0 Å². The minimum atomic E-state index is -1.09. The highest BCUT2D eigenvalue weighted by atomic mass is 35.5. The molecule has 0 aliphatic heterocycles. The van der Waals surface area contributed by atoms with E-state index in [0.29, 0.717) is 17.2 Å². The molecule has 0 spiro atoms. The van der Waals surface area contributed by atoms with Crippen LogP contribution in [-0.4, -0.2) is 58.9 Å². The summed E-state index contributed by atoms with van der Waals surface area (Å²) < 4.78 is 0. The molecule has 0 radical (unpaired) electrons. The van der Waals surface area contributed by atoms with Crippen LogP contribution in [-0.2, 0) is 9.59 Å². The van der Waals surface area contributed by atoms with Crippen LogP contribution in [0.5, 0.6) is 0 Å². The Balaban J connectivity index is 2.91. The molecule has 0 aromatic heterocycles. The fraction of sp³-hybridized carbons (Fsp3) is 0.438. The summed E-state index contributed by atoms with van der Waals surface area (Å²) in [7, 11) is 0. The largest absolute Gasteiger partial charge is 0.480 e. The molecule has 1 unspecified atom stereocenters. The molecule has 6 nitrogen and oxygen atoms in total. The smallest absolute Gasteiger partial charge is 0.323 e. The van der Waals surface area contributed by atoms with Crippen molar-refractivity contribution in [1.82, 2.24) is 10.2 Å². The molecule has 0 fully saturated rings. The summed E-state index contributed by atoms with van der Waals surface area (Å²) in [5.41, 5.74) is 0.280. The molecule has 0 saturated carbocycles. The van der Waals surface area contributed by atoms with Gasteiger partial charge in [0.2, 0.25) is 5.91 Å². The topological polar surface area (TPSA) is 86.7 Å². The van der Waals surface area contributed by atoms with E-state index in [4.69, 9.17) is 16.7 Å². The lowest BCUT2D eigenvalue weighted by Gasteiger charge is -2.25. The number of carbonyl (C=O) groups excluding carboxylic acids is 2. The average molecular weight is 373 g/mol. The Hall–Kier alpha value is -1.73. The Morgan fingerprint density at radius 1 is 1.33 bits per heavy atom. The molecule has 1 aromatic rings. The fourth-order valence-electron chi connectivity index (χ4n) is 2.10. The van der Waals surface area contributed by atoms with E-state index >= 15 is 0 Å². The van der Waals surface area contributed by atoms with E-state index in [-0.39, 0.29) is 12.1 Å². The Morgan fingerprint density at radius 3 is 2.54 bits per heavy atom. The van der Waals surface area contributed by atoms with E-state index in [0.717, 1.165) is 0 Å². The summed E-state index contributed by atoms with van der Waals surface area (Å²) in [5, 5.41) is 11.9. The highest BCUT2D eigenvalue weighted by molar-refractivity contribution is 7.98. The predicted octanol–water partition coefficient (Wildman–Crippen LogP) is 2.12. The molecule has 0 bridgehead atoms. The van der Waals surface area contributed by atoms with Crippen molar-refractivity contribution in [3.63, 3.8) is 0 Å². The first kappa shape index (κ1) is 20.3. The highest BCUT2D eigenvalue weighted by Crippen LogP contribution is 2.15. The van der Waals surface area contributed by atoms with Crippen molar-refractivity contribution < 1.29 is 19.5 Å². The standard InChI is InChI=1S/C16H21ClN2O4S/c1-3-19(10-14(20)21)16(23)13(8-9-24-2)18-15(22)11-6-4-5-7-12(11)17/h4-7,13H,3,8-10H2,1-2H3,(H,18,22)(H,20,21). The second kappa shape index (κ2) is 10.2. The van der Waals surface area contributed by atoms with Crippen LogP contribution in [0.1, 0.15) is 23.7 Å². The molecule has 0 aliphatic carbocycles. The second-order valence-electron chi connectivity index (χ2n) is 5.03. The third-order valence-electron chi connectivity index (χ3n) is 3.35. The van der Waals surface area contributed by atoms with Gasteiger partial charge in [0.15, 0.2) is 0 Å². The zero-order valence-corrected chi connectivity index (χ0v) is 15.2. The number of rotatable bonds is 9. The third-order valence-corrected chi connectivity index (χ3v) is 4.33. The quantitative estimate of drug-likeness (QED) is 0.693. The summed E-state index contributed by atoms with van der Waals surface area (Å²) in [6.07, 6.45) is 2.30. The number of halogens is 1. The van der Waals surface area contributed by atoms with E-state index in [9.17, 15) is 14.4 Å². The van der Waals surface area contributed by atoms with Gasteiger partial charge < -0.3 is 15.3 Å². The molecule has 2 N–H and O–H groups in total. The summed E-state index contributed by atoms with van der Waals surface area (Å²) in [4.78, 5) is 37.1. The molecule has 0 saturated heterocycles. The zero-order valence-electron chi connectivity index (χ0n) is 13.6. The molecule has 1 rings (SSSR count). The molecule has 1 aromatic carbocycles. The minimum absolute atomic E-state index is 0.253. The van der Waals surface area contributed by atoms with Gasteiger partial charge in [-0.05, 0) is 37.5 Å². The summed E-state index contributed by atoms with van der Waals surface area (Å²) in [6, 6.07) is 5.77. The number of carboxylic acids is 1. The van der Waals surface area contributed by atoms with E-state index < -0.39 is 30.4 Å². The number of carbonyl (C=O) groups is 3. The predicted molar refractivity (Wildman–Crippen MR) is 95.6 cm³/mol. The number of carboxylic acid groups (broad SMARTS) is 1. The van der Waals surface area contributed by atoms with Crippen LogP contribution >= 0.6 is 23.4 Å². The highest BCUT2D eigenvalue weighted by Gasteiger charge is 2.27. The Labute approximate surface area is 150 Å². The van der Waals surface area contributed by atoms with Gasteiger partial charge >= 0.3 is 5.97 Å². The van der Waals surface area contributed by atoms with Crippen molar-refractivity contribution in [1.29, 1.82) is 0 Å². The minimum Gasteiger partial charge on any atom is -0.480 e. The summed E-state index contributed by atoms with van der Waals surface area (Å²) in [5.74, 6) is -1.30. The van der Waals surface area contributed by atoms with Gasteiger partial charge in [0.25, 0.3) is 5.91 Å². The molecule has 2 amide bonds. The van der Waals surface area contributed by atoms with Crippen LogP contribution in [0.2, 0.25) is 5.02 Å². The van der Waals surface area contributed by atoms with Gasteiger partial charge in [-0.15, -0.1) is 0 Å². The van der Waals surface area contributed by atoms with Gasteiger partial charge in [-0.25, -0.2) is 0 Å². The molecular formula is C16H21ClN2O4S. The number of hydrogen-bond acceptors (Lipinski definition) is 4. The number of benzene rings is 1. The number of aliphatic carboxylic acids is 1. The first-order valence-corrected chi connectivity index (χ1v) is 9.22. The van der Waals surface area contributed by atoms with E-state index in [1.54, 1.807) is 43.0 Å². The van der Waals surface area contributed by atoms with Crippen LogP contribution in [0.15, 0.2) is 24.3 Å². The van der Waals surface area contributed by atoms with Crippen LogP contribution in [0.3, 0.4) is 0 Å². The normalized spacial score (nSPS) is 11.6. The first-order valence-electron chi connectivity index (χ1n) is 7.45. The monoisotopic (exact) mass is 372 g/mol. The van der Waals surface area contributed by atoms with Crippen LogP contribution in [0.25, 0.3) is 0 Å². The maximum absolute atomic E-state index is 12.6. The van der Waals surface area contributed by atoms with Gasteiger partial charge in [-0.1, -0.05) is 23.7 Å².